The molecule has 1 heterocycles. The molecule has 0 unspecified atom stereocenters. The van der Waals surface area contributed by atoms with E-state index in [4.69, 9.17) is 4.74 Å². The van der Waals surface area contributed by atoms with Crippen molar-refractivity contribution in [3.05, 3.63) is 87.4 Å². The fourth-order valence-electron chi connectivity index (χ4n) is 3.53. The van der Waals surface area contributed by atoms with E-state index in [-0.39, 0.29) is 39.4 Å². The van der Waals surface area contributed by atoms with E-state index in [9.17, 15) is 29.1 Å². The number of benzene rings is 3. The van der Waals surface area contributed by atoms with Crippen LogP contribution in [0.15, 0.2) is 65.1 Å². The van der Waals surface area contributed by atoms with Gasteiger partial charge in [-0.3, -0.25) is 19.2 Å². The summed E-state index contributed by atoms with van der Waals surface area (Å²) < 4.78 is 5.48. The van der Waals surface area contributed by atoms with Gasteiger partial charge in [0.25, 0.3) is 17.7 Å². The summed E-state index contributed by atoms with van der Waals surface area (Å²) in [6.07, 6.45) is 0. The summed E-state index contributed by atoms with van der Waals surface area (Å²) in [4.78, 5) is 62.8. The van der Waals surface area contributed by atoms with Crippen LogP contribution in [0.4, 0.5) is 11.4 Å². The highest BCUT2D eigenvalue weighted by atomic mass is 79.9. The summed E-state index contributed by atoms with van der Waals surface area (Å²) in [5.41, 5.74) is -0.0112. The molecule has 3 amide bonds. The second kappa shape index (κ2) is 8.91. The molecule has 2 N–H and O–H groups in total. The van der Waals surface area contributed by atoms with Crippen LogP contribution >= 0.6 is 15.9 Å². The minimum absolute atomic E-state index is 0.0352. The number of hydrogen-bond donors (Lipinski definition) is 2. The SMILES string of the molecule is CC(=O)Oc1ccc(N2C(=O)c3cccc(C(=O)Nc4ccc(Br)cc4C(=O)O)c3C2=O)cc1. The lowest BCUT2D eigenvalue weighted by Crippen LogP contribution is -2.29. The van der Waals surface area contributed by atoms with Crippen LogP contribution in [0.1, 0.15) is 48.4 Å². The zero-order valence-corrected chi connectivity index (χ0v) is 19.1. The van der Waals surface area contributed by atoms with E-state index in [0.717, 1.165) is 4.90 Å². The predicted molar refractivity (Wildman–Crippen MR) is 124 cm³/mol. The highest BCUT2D eigenvalue weighted by molar-refractivity contribution is 9.10. The number of amides is 3. The lowest BCUT2D eigenvalue weighted by molar-refractivity contribution is -0.131. The van der Waals surface area contributed by atoms with Crippen LogP contribution in [0.5, 0.6) is 5.75 Å². The molecule has 1 aliphatic heterocycles. The van der Waals surface area contributed by atoms with Gasteiger partial charge in [-0.2, -0.15) is 0 Å². The van der Waals surface area contributed by atoms with Crippen molar-refractivity contribution in [2.45, 2.75) is 6.92 Å². The maximum Gasteiger partial charge on any atom is 0.337 e. The standard InChI is InChI=1S/C24H15BrN2O7/c1-12(28)34-15-8-6-14(7-9-15)27-22(30)17-4-2-3-16(20(17)23(27)31)21(29)26-19-10-5-13(25)11-18(19)24(32)33/h2-11H,1H3,(H,26,29)(H,32,33). The van der Waals surface area contributed by atoms with E-state index in [1.165, 1.54) is 61.5 Å². The van der Waals surface area contributed by atoms with Crippen LogP contribution in [-0.2, 0) is 4.79 Å². The average molecular weight is 523 g/mol. The van der Waals surface area contributed by atoms with Crippen molar-refractivity contribution in [2.24, 2.45) is 0 Å². The van der Waals surface area contributed by atoms with E-state index >= 15 is 0 Å². The molecule has 0 aromatic heterocycles. The third-order valence-corrected chi connectivity index (χ3v) is 5.47. The van der Waals surface area contributed by atoms with Crippen molar-refractivity contribution in [1.82, 2.24) is 0 Å². The Kier molecular flexibility index (Phi) is 5.99. The molecule has 9 nitrogen and oxygen atoms in total. The van der Waals surface area contributed by atoms with E-state index in [2.05, 4.69) is 21.2 Å². The highest BCUT2D eigenvalue weighted by Crippen LogP contribution is 2.32. The van der Waals surface area contributed by atoms with Gasteiger partial charge < -0.3 is 15.2 Å². The number of carboxylic acids is 1. The molecule has 0 saturated carbocycles. The van der Waals surface area contributed by atoms with Gasteiger partial charge in [0, 0.05) is 11.4 Å². The number of aromatic carboxylic acids is 1. The first-order chi connectivity index (χ1) is 16.2. The fraction of sp³-hybridized carbons (Fsp3) is 0.0417. The summed E-state index contributed by atoms with van der Waals surface area (Å²) >= 11 is 3.19. The molecular formula is C24H15BrN2O7. The quantitative estimate of drug-likeness (QED) is 0.292. The Bertz CT molecular complexity index is 1380. The van der Waals surface area contributed by atoms with Gasteiger partial charge in [0.2, 0.25) is 0 Å². The third kappa shape index (κ3) is 4.18. The number of halogens is 1. The number of nitrogens with zero attached hydrogens (tertiary/aromatic N) is 1. The monoisotopic (exact) mass is 522 g/mol. The van der Waals surface area contributed by atoms with Crippen LogP contribution < -0.4 is 15.0 Å². The van der Waals surface area contributed by atoms with Crippen LogP contribution in [0.3, 0.4) is 0 Å². The lowest BCUT2D eigenvalue weighted by Gasteiger charge is -2.14. The highest BCUT2D eigenvalue weighted by Gasteiger charge is 2.39. The predicted octanol–water partition coefficient (Wildman–Crippen LogP) is 4.13. The Labute approximate surface area is 201 Å². The van der Waals surface area contributed by atoms with Crippen molar-refractivity contribution in [1.29, 1.82) is 0 Å². The number of hydrogen-bond acceptors (Lipinski definition) is 6. The fourth-order valence-corrected chi connectivity index (χ4v) is 3.89. The van der Waals surface area contributed by atoms with E-state index in [1.54, 1.807) is 6.07 Å². The maximum atomic E-state index is 13.2. The average Bonchev–Trinajstić information content (AvgIpc) is 3.05. The number of fused-ring (bicyclic) bond motifs is 1. The molecule has 0 atom stereocenters. The van der Waals surface area contributed by atoms with Crippen LogP contribution in [0.25, 0.3) is 0 Å². The van der Waals surface area contributed by atoms with Gasteiger partial charge in [0.1, 0.15) is 5.75 Å². The van der Waals surface area contributed by atoms with Gasteiger partial charge in [-0.05, 0) is 54.6 Å². The summed E-state index contributed by atoms with van der Waals surface area (Å²) in [6.45, 7) is 1.25. The van der Waals surface area contributed by atoms with E-state index < -0.39 is 29.7 Å². The number of ether oxygens (including phenoxy) is 1. The van der Waals surface area contributed by atoms with Crippen molar-refractivity contribution in [3.63, 3.8) is 0 Å². The molecule has 34 heavy (non-hydrogen) atoms. The largest absolute Gasteiger partial charge is 0.478 e. The molecule has 3 aromatic rings. The molecule has 0 aliphatic carbocycles. The van der Waals surface area contributed by atoms with Gasteiger partial charge >= 0.3 is 11.9 Å². The van der Waals surface area contributed by atoms with Crippen molar-refractivity contribution >= 4 is 57.0 Å². The Morgan fingerprint density at radius 2 is 1.65 bits per heavy atom. The number of nitrogens with one attached hydrogen (secondary N) is 1. The van der Waals surface area contributed by atoms with Gasteiger partial charge in [0.15, 0.2) is 0 Å². The molecule has 1 aliphatic rings. The third-order valence-electron chi connectivity index (χ3n) is 4.98. The molecule has 10 heteroatoms. The van der Waals surface area contributed by atoms with Crippen molar-refractivity contribution in [2.75, 3.05) is 10.2 Å². The van der Waals surface area contributed by atoms with Crippen LogP contribution in [0.2, 0.25) is 0 Å². The summed E-state index contributed by atoms with van der Waals surface area (Å²) in [7, 11) is 0. The normalized spacial score (nSPS) is 12.4. The Hall–Kier alpha value is -4.31. The van der Waals surface area contributed by atoms with Gasteiger partial charge in [0.05, 0.1) is 33.6 Å². The minimum Gasteiger partial charge on any atom is -0.478 e. The second-order valence-corrected chi connectivity index (χ2v) is 8.13. The van der Waals surface area contributed by atoms with Crippen molar-refractivity contribution in [3.8, 4) is 5.75 Å². The van der Waals surface area contributed by atoms with E-state index in [0.29, 0.717) is 4.47 Å². The molecule has 170 valence electrons. The van der Waals surface area contributed by atoms with Crippen LogP contribution in [0, 0.1) is 0 Å². The topological polar surface area (TPSA) is 130 Å². The number of carboxylic acid groups (broad SMARTS) is 1. The van der Waals surface area contributed by atoms with E-state index in [1.807, 2.05) is 0 Å². The number of esters is 1. The van der Waals surface area contributed by atoms with Gasteiger partial charge in [-0.1, -0.05) is 22.0 Å². The minimum atomic E-state index is -1.25. The van der Waals surface area contributed by atoms with Gasteiger partial charge in [-0.15, -0.1) is 0 Å². The molecule has 0 radical (unpaired) electrons. The van der Waals surface area contributed by atoms with Crippen molar-refractivity contribution < 1.29 is 33.8 Å². The van der Waals surface area contributed by atoms with Crippen LogP contribution in [-0.4, -0.2) is 34.8 Å². The summed E-state index contributed by atoms with van der Waals surface area (Å²) in [6, 6.07) is 14.4. The number of carbonyl (C=O) groups is 5. The smallest absolute Gasteiger partial charge is 0.337 e. The number of carbonyl (C=O) groups excluding carboxylic acids is 4. The zero-order valence-electron chi connectivity index (χ0n) is 17.5. The second-order valence-electron chi connectivity index (χ2n) is 7.21. The first kappa shape index (κ1) is 22.9. The lowest BCUT2D eigenvalue weighted by atomic mass is 10.0. The Morgan fingerprint density at radius 1 is 0.941 bits per heavy atom. The van der Waals surface area contributed by atoms with Gasteiger partial charge in [-0.25, -0.2) is 9.69 Å². The molecule has 0 fully saturated rings. The number of imide groups is 1. The first-order valence-corrected chi connectivity index (χ1v) is 10.6. The number of rotatable bonds is 5. The molecule has 0 spiro atoms. The summed E-state index contributed by atoms with van der Waals surface area (Å²) in [5, 5.41) is 11.9. The molecule has 0 saturated heterocycles. The Morgan fingerprint density at radius 3 is 2.29 bits per heavy atom. The molecule has 3 aromatic carbocycles. The Balaban J connectivity index is 1.67. The molecular weight excluding hydrogens is 508 g/mol. The molecule has 0 bridgehead atoms. The zero-order chi connectivity index (χ0) is 24.6. The summed E-state index contributed by atoms with van der Waals surface area (Å²) in [5.74, 6) is -3.58. The maximum absolute atomic E-state index is 13.2. The first-order valence-electron chi connectivity index (χ1n) is 9.82. The number of anilines is 2. The molecule has 4 rings (SSSR count).